The van der Waals surface area contributed by atoms with Crippen molar-refractivity contribution in [3.05, 3.63) is 33.8 Å². The van der Waals surface area contributed by atoms with Crippen LogP contribution in [0.15, 0.2) is 12.1 Å². The number of hydrogen-bond donors (Lipinski definition) is 0. The first-order valence-corrected chi connectivity index (χ1v) is 4.91. The molecule has 0 saturated carbocycles. The molecule has 0 spiro atoms. The molecule has 0 aliphatic rings. The third-order valence-electron chi connectivity index (χ3n) is 2.01. The van der Waals surface area contributed by atoms with E-state index >= 15 is 0 Å². The molecule has 15 heavy (non-hydrogen) atoms. The van der Waals surface area contributed by atoms with Crippen LogP contribution in [0.2, 0.25) is 5.02 Å². The van der Waals surface area contributed by atoms with Crippen LogP contribution in [0.25, 0.3) is 0 Å². The highest BCUT2D eigenvalue weighted by Crippen LogP contribution is 2.22. The van der Waals surface area contributed by atoms with E-state index in [2.05, 4.69) is 0 Å². The average Bonchev–Trinajstić information content (AvgIpc) is 2.21. The molecule has 80 valence electrons. The lowest BCUT2D eigenvalue weighted by Gasteiger charge is -2.08. The van der Waals surface area contributed by atoms with Gasteiger partial charge < -0.3 is 4.74 Å². The molecule has 3 nitrogen and oxygen atoms in total. The molecule has 0 N–H and O–H groups in total. The third kappa shape index (κ3) is 2.36. The summed E-state index contributed by atoms with van der Waals surface area (Å²) in [6.07, 6.45) is 0.619. The monoisotopic (exact) mass is 226 g/mol. The Balaban J connectivity index is 3.31. The topological polar surface area (TPSA) is 43.4 Å². The summed E-state index contributed by atoms with van der Waals surface area (Å²) in [7, 11) is 0. The Morgan fingerprint density at radius 2 is 2.20 bits per heavy atom. The van der Waals surface area contributed by atoms with E-state index < -0.39 is 5.97 Å². The van der Waals surface area contributed by atoms with Crippen molar-refractivity contribution in [2.24, 2.45) is 0 Å². The highest BCUT2D eigenvalue weighted by atomic mass is 35.5. The predicted octanol–water partition coefficient (Wildman–Crippen LogP) is 2.64. The van der Waals surface area contributed by atoms with Crippen molar-refractivity contribution in [3.8, 4) is 0 Å². The van der Waals surface area contributed by atoms with Crippen LogP contribution in [0, 0.1) is 6.92 Å². The van der Waals surface area contributed by atoms with E-state index in [1.54, 1.807) is 26.0 Å². The van der Waals surface area contributed by atoms with Crippen LogP contribution in [0.4, 0.5) is 0 Å². The molecule has 0 aliphatic carbocycles. The smallest absolute Gasteiger partial charge is 0.340 e. The summed E-state index contributed by atoms with van der Waals surface area (Å²) >= 11 is 5.85. The minimum Gasteiger partial charge on any atom is -0.462 e. The van der Waals surface area contributed by atoms with Gasteiger partial charge in [-0.3, -0.25) is 4.79 Å². The largest absolute Gasteiger partial charge is 0.462 e. The van der Waals surface area contributed by atoms with Crippen molar-refractivity contribution in [1.29, 1.82) is 0 Å². The number of ether oxygens (including phenoxy) is 1. The van der Waals surface area contributed by atoms with Gasteiger partial charge in [0, 0.05) is 5.56 Å². The number of hydrogen-bond acceptors (Lipinski definition) is 3. The van der Waals surface area contributed by atoms with Gasteiger partial charge in [-0.1, -0.05) is 17.7 Å². The van der Waals surface area contributed by atoms with Gasteiger partial charge in [-0.2, -0.15) is 0 Å². The molecule has 0 amide bonds. The number of carbonyl (C=O) groups is 2. The van der Waals surface area contributed by atoms with Crippen LogP contribution in [0.1, 0.15) is 33.2 Å². The fourth-order valence-corrected chi connectivity index (χ4v) is 1.50. The minimum atomic E-state index is -0.562. The number of carbonyl (C=O) groups excluding carboxylic acids is 2. The summed E-state index contributed by atoms with van der Waals surface area (Å²) in [5.41, 5.74) is 1.15. The Labute approximate surface area is 93.0 Å². The maximum absolute atomic E-state index is 11.5. The van der Waals surface area contributed by atoms with Gasteiger partial charge in [0.25, 0.3) is 0 Å². The Morgan fingerprint density at radius 1 is 1.53 bits per heavy atom. The van der Waals surface area contributed by atoms with Crippen molar-refractivity contribution in [1.82, 2.24) is 0 Å². The highest BCUT2D eigenvalue weighted by Gasteiger charge is 2.17. The first-order chi connectivity index (χ1) is 7.11. The van der Waals surface area contributed by atoms with Gasteiger partial charge in [0.15, 0.2) is 6.29 Å². The molecule has 1 rings (SSSR count). The zero-order valence-corrected chi connectivity index (χ0v) is 9.30. The Kier molecular flexibility index (Phi) is 3.86. The molecular formula is C11H11ClO3. The molecule has 4 heteroatoms. The lowest BCUT2D eigenvalue weighted by molar-refractivity contribution is 0.0524. The van der Waals surface area contributed by atoms with Gasteiger partial charge in [-0.25, -0.2) is 4.79 Å². The molecule has 1 aromatic carbocycles. The maximum atomic E-state index is 11.5. The minimum absolute atomic E-state index is 0.147. The van der Waals surface area contributed by atoms with E-state index in [1.165, 1.54) is 0 Å². The molecule has 0 saturated heterocycles. The standard InChI is InChI=1S/C11H11ClO3/c1-3-15-11(14)10-8(6-13)7(2)4-5-9(10)12/h4-6H,3H2,1-2H3. The van der Waals surface area contributed by atoms with Crippen molar-refractivity contribution in [3.63, 3.8) is 0 Å². The summed E-state index contributed by atoms with van der Waals surface area (Å²) in [5, 5.41) is 0.237. The second kappa shape index (κ2) is 4.94. The molecule has 0 fully saturated rings. The molecule has 1 aromatic rings. The molecule has 0 bridgehead atoms. The number of halogens is 1. The van der Waals surface area contributed by atoms with E-state index in [0.29, 0.717) is 17.4 Å². The van der Waals surface area contributed by atoms with Gasteiger partial charge in [-0.15, -0.1) is 0 Å². The summed E-state index contributed by atoms with van der Waals surface area (Å²) in [6, 6.07) is 3.27. The van der Waals surface area contributed by atoms with Crippen molar-refractivity contribution < 1.29 is 14.3 Å². The zero-order valence-electron chi connectivity index (χ0n) is 8.54. The van der Waals surface area contributed by atoms with Crippen molar-refractivity contribution in [2.45, 2.75) is 13.8 Å². The number of esters is 1. The van der Waals surface area contributed by atoms with Crippen LogP contribution in [-0.2, 0) is 4.74 Å². The predicted molar refractivity (Wildman–Crippen MR) is 57.5 cm³/mol. The van der Waals surface area contributed by atoms with Crippen LogP contribution in [-0.4, -0.2) is 18.9 Å². The van der Waals surface area contributed by atoms with Gasteiger partial charge in [0.05, 0.1) is 17.2 Å². The van der Waals surface area contributed by atoms with E-state index in [1.807, 2.05) is 0 Å². The Hall–Kier alpha value is -1.35. The fourth-order valence-electron chi connectivity index (χ4n) is 1.26. The van der Waals surface area contributed by atoms with E-state index in [0.717, 1.165) is 0 Å². The molecule has 0 aliphatic heterocycles. The number of benzene rings is 1. The van der Waals surface area contributed by atoms with Crippen LogP contribution in [0.3, 0.4) is 0 Å². The summed E-state index contributed by atoms with van der Waals surface area (Å²) in [6.45, 7) is 3.69. The molecule has 0 aromatic heterocycles. The van der Waals surface area contributed by atoms with Crippen molar-refractivity contribution in [2.75, 3.05) is 6.61 Å². The number of rotatable bonds is 3. The third-order valence-corrected chi connectivity index (χ3v) is 2.33. The lowest BCUT2D eigenvalue weighted by atomic mass is 10.0. The van der Waals surface area contributed by atoms with Gasteiger partial charge >= 0.3 is 5.97 Å². The number of aryl methyl sites for hydroxylation is 1. The Morgan fingerprint density at radius 3 is 2.73 bits per heavy atom. The quantitative estimate of drug-likeness (QED) is 0.588. The molecule has 0 atom stereocenters. The summed E-state index contributed by atoms with van der Waals surface area (Å²) < 4.78 is 4.82. The lowest BCUT2D eigenvalue weighted by Crippen LogP contribution is -2.10. The maximum Gasteiger partial charge on any atom is 0.340 e. The molecular weight excluding hydrogens is 216 g/mol. The average molecular weight is 227 g/mol. The first kappa shape index (κ1) is 11.7. The second-order valence-corrected chi connectivity index (χ2v) is 3.40. The van der Waals surface area contributed by atoms with Crippen LogP contribution >= 0.6 is 11.6 Å². The SMILES string of the molecule is CCOC(=O)c1c(Cl)ccc(C)c1C=O. The highest BCUT2D eigenvalue weighted by molar-refractivity contribution is 6.34. The van der Waals surface area contributed by atoms with Crippen molar-refractivity contribution >= 4 is 23.9 Å². The summed E-state index contributed by atoms with van der Waals surface area (Å²) in [5.74, 6) is -0.562. The Bertz CT molecular complexity index is 399. The van der Waals surface area contributed by atoms with Crippen LogP contribution < -0.4 is 0 Å². The van der Waals surface area contributed by atoms with Gasteiger partial charge in [0.2, 0.25) is 0 Å². The molecule has 0 radical (unpaired) electrons. The molecule has 0 unspecified atom stereocenters. The van der Waals surface area contributed by atoms with Gasteiger partial charge in [0.1, 0.15) is 0 Å². The van der Waals surface area contributed by atoms with Gasteiger partial charge in [-0.05, 0) is 25.5 Å². The zero-order chi connectivity index (χ0) is 11.4. The van der Waals surface area contributed by atoms with E-state index in [-0.39, 0.29) is 17.2 Å². The fraction of sp³-hybridized carbons (Fsp3) is 0.273. The normalized spacial score (nSPS) is 9.80. The second-order valence-electron chi connectivity index (χ2n) is 2.99. The van der Waals surface area contributed by atoms with E-state index in [4.69, 9.17) is 16.3 Å². The van der Waals surface area contributed by atoms with E-state index in [9.17, 15) is 9.59 Å². The molecule has 0 heterocycles. The van der Waals surface area contributed by atoms with Crippen LogP contribution in [0.5, 0.6) is 0 Å². The first-order valence-electron chi connectivity index (χ1n) is 4.53. The number of aldehydes is 1. The summed E-state index contributed by atoms with van der Waals surface area (Å²) in [4.78, 5) is 22.4.